The molecule has 0 saturated carbocycles. The number of nitriles is 1. The van der Waals surface area contributed by atoms with Crippen molar-refractivity contribution in [1.82, 2.24) is 9.78 Å². The molecule has 0 atom stereocenters. The molecule has 0 spiro atoms. The van der Waals surface area contributed by atoms with E-state index in [0.29, 0.717) is 16.9 Å². The van der Waals surface area contributed by atoms with Crippen LogP contribution in [-0.4, -0.2) is 29.8 Å². The van der Waals surface area contributed by atoms with Crippen LogP contribution >= 0.6 is 0 Å². The highest BCUT2D eigenvalue weighted by Gasteiger charge is 2.13. The van der Waals surface area contributed by atoms with Gasteiger partial charge in [0.2, 0.25) is 0 Å². The van der Waals surface area contributed by atoms with E-state index in [-0.39, 0.29) is 5.91 Å². The van der Waals surface area contributed by atoms with Crippen LogP contribution in [0.2, 0.25) is 0 Å². The van der Waals surface area contributed by atoms with Crippen LogP contribution in [-0.2, 0) is 7.05 Å². The van der Waals surface area contributed by atoms with Crippen LogP contribution in [0, 0.1) is 11.3 Å². The minimum atomic E-state index is -0.270. The lowest BCUT2D eigenvalue weighted by atomic mass is 10.2. The number of aryl methyl sites for hydroxylation is 1. The molecular formula is C14H15N5O. The summed E-state index contributed by atoms with van der Waals surface area (Å²) in [6.07, 6.45) is 1.42. The lowest BCUT2D eigenvalue weighted by Gasteiger charge is -2.13. The van der Waals surface area contributed by atoms with Crippen molar-refractivity contribution in [2.24, 2.45) is 7.05 Å². The number of anilines is 2. The molecular weight excluding hydrogens is 254 g/mol. The molecule has 0 aliphatic carbocycles. The molecule has 0 unspecified atom stereocenters. The molecule has 0 radical (unpaired) electrons. The van der Waals surface area contributed by atoms with Gasteiger partial charge in [-0.15, -0.1) is 0 Å². The summed E-state index contributed by atoms with van der Waals surface area (Å²) in [5, 5.41) is 15.6. The number of carbonyl (C=O) groups is 1. The van der Waals surface area contributed by atoms with E-state index in [2.05, 4.69) is 10.4 Å². The summed E-state index contributed by atoms with van der Waals surface area (Å²) in [7, 11) is 5.49. The van der Waals surface area contributed by atoms with Gasteiger partial charge in [-0.1, -0.05) is 6.07 Å². The fourth-order valence-corrected chi connectivity index (χ4v) is 1.77. The van der Waals surface area contributed by atoms with Crippen LogP contribution in [0.4, 0.5) is 11.5 Å². The first-order chi connectivity index (χ1) is 9.52. The summed E-state index contributed by atoms with van der Waals surface area (Å²) >= 11 is 0. The Labute approximate surface area is 117 Å². The normalized spacial score (nSPS) is 9.90. The Hall–Kier alpha value is -2.81. The van der Waals surface area contributed by atoms with Crippen LogP contribution in [0.1, 0.15) is 15.9 Å². The molecule has 0 aliphatic rings. The highest BCUT2D eigenvalue weighted by molar-refractivity contribution is 6.04. The number of rotatable bonds is 3. The van der Waals surface area contributed by atoms with E-state index in [9.17, 15) is 4.79 Å². The second kappa shape index (κ2) is 5.45. The van der Waals surface area contributed by atoms with Gasteiger partial charge < -0.3 is 10.2 Å². The van der Waals surface area contributed by atoms with Crippen molar-refractivity contribution in [3.63, 3.8) is 0 Å². The molecule has 20 heavy (non-hydrogen) atoms. The van der Waals surface area contributed by atoms with Crippen LogP contribution in [0.5, 0.6) is 0 Å². The van der Waals surface area contributed by atoms with Gasteiger partial charge in [0, 0.05) is 32.4 Å². The Bertz CT molecular complexity index is 681. The average Bonchev–Trinajstić information content (AvgIpc) is 2.79. The fraction of sp³-hybridized carbons (Fsp3) is 0.214. The summed E-state index contributed by atoms with van der Waals surface area (Å²) in [6, 6.07) is 9.25. The SMILES string of the molecule is CN(C)c1cccc(C(=O)Nc2c(C#N)cnn2C)c1. The molecule has 0 aliphatic heterocycles. The molecule has 6 nitrogen and oxygen atoms in total. The number of hydrogen-bond donors (Lipinski definition) is 1. The fourth-order valence-electron chi connectivity index (χ4n) is 1.77. The smallest absolute Gasteiger partial charge is 0.256 e. The van der Waals surface area contributed by atoms with E-state index >= 15 is 0 Å². The molecule has 1 amide bonds. The summed E-state index contributed by atoms with van der Waals surface area (Å²) < 4.78 is 1.46. The third-order valence-corrected chi connectivity index (χ3v) is 2.92. The van der Waals surface area contributed by atoms with E-state index < -0.39 is 0 Å². The van der Waals surface area contributed by atoms with E-state index in [1.54, 1.807) is 19.2 Å². The number of amides is 1. The second-order valence-corrected chi connectivity index (χ2v) is 4.54. The minimum absolute atomic E-state index is 0.270. The van der Waals surface area contributed by atoms with Crippen LogP contribution in [0.25, 0.3) is 0 Å². The molecule has 1 heterocycles. The topological polar surface area (TPSA) is 74.0 Å². The zero-order valence-corrected chi connectivity index (χ0v) is 11.6. The predicted octanol–water partition coefficient (Wildman–Crippen LogP) is 1.61. The van der Waals surface area contributed by atoms with E-state index in [4.69, 9.17) is 5.26 Å². The largest absolute Gasteiger partial charge is 0.378 e. The molecule has 2 rings (SSSR count). The highest BCUT2D eigenvalue weighted by atomic mass is 16.1. The summed E-state index contributed by atoms with van der Waals surface area (Å²) in [5.41, 5.74) is 1.80. The number of nitrogens with one attached hydrogen (secondary N) is 1. The first-order valence-corrected chi connectivity index (χ1v) is 6.03. The number of aromatic nitrogens is 2. The minimum Gasteiger partial charge on any atom is -0.378 e. The lowest BCUT2D eigenvalue weighted by molar-refractivity contribution is 0.102. The molecule has 0 fully saturated rings. The monoisotopic (exact) mass is 269 g/mol. The zero-order valence-electron chi connectivity index (χ0n) is 11.6. The van der Waals surface area contributed by atoms with E-state index in [1.165, 1.54) is 10.9 Å². The van der Waals surface area contributed by atoms with Crippen molar-refractivity contribution in [3.05, 3.63) is 41.6 Å². The maximum absolute atomic E-state index is 12.2. The van der Waals surface area contributed by atoms with Gasteiger partial charge in [0.1, 0.15) is 17.5 Å². The van der Waals surface area contributed by atoms with Crippen molar-refractivity contribution < 1.29 is 4.79 Å². The van der Waals surface area contributed by atoms with Crippen molar-refractivity contribution in [2.45, 2.75) is 0 Å². The molecule has 1 aromatic carbocycles. The molecule has 6 heteroatoms. The van der Waals surface area contributed by atoms with Gasteiger partial charge in [0.25, 0.3) is 5.91 Å². The molecule has 0 bridgehead atoms. The third kappa shape index (κ3) is 2.62. The number of hydrogen-bond acceptors (Lipinski definition) is 4. The molecule has 1 aromatic heterocycles. The summed E-state index contributed by atoms with van der Waals surface area (Å²) in [6.45, 7) is 0. The maximum Gasteiger partial charge on any atom is 0.256 e. The third-order valence-electron chi connectivity index (χ3n) is 2.92. The average molecular weight is 269 g/mol. The van der Waals surface area contributed by atoms with Gasteiger partial charge in [-0.25, -0.2) is 0 Å². The standard InChI is InChI=1S/C14H15N5O/c1-18(2)12-6-4-5-10(7-12)14(20)17-13-11(8-15)9-16-19(13)3/h4-7,9H,1-3H3,(H,17,20). The van der Waals surface area contributed by atoms with Gasteiger partial charge in [-0.2, -0.15) is 10.4 Å². The van der Waals surface area contributed by atoms with Crippen molar-refractivity contribution in [1.29, 1.82) is 5.26 Å². The first kappa shape index (κ1) is 13.6. The molecule has 2 aromatic rings. The van der Waals surface area contributed by atoms with E-state index in [0.717, 1.165) is 5.69 Å². The van der Waals surface area contributed by atoms with Crippen molar-refractivity contribution in [3.8, 4) is 6.07 Å². The lowest BCUT2D eigenvalue weighted by Crippen LogP contribution is -2.16. The quantitative estimate of drug-likeness (QED) is 0.918. The van der Waals surface area contributed by atoms with Gasteiger partial charge in [-0.05, 0) is 18.2 Å². The molecule has 102 valence electrons. The second-order valence-electron chi connectivity index (χ2n) is 4.54. The molecule has 0 saturated heterocycles. The van der Waals surface area contributed by atoms with Crippen LogP contribution in [0.15, 0.2) is 30.5 Å². The summed E-state index contributed by atoms with van der Waals surface area (Å²) in [5.74, 6) is 0.126. The number of carbonyl (C=O) groups excluding carboxylic acids is 1. The van der Waals surface area contributed by atoms with Crippen LogP contribution in [0.3, 0.4) is 0 Å². The predicted molar refractivity (Wildman–Crippen MR) is 76.6 cm³/mol. The Morgan fingerprint density at radius 1 is 1.45 bits per heavy atom. The Balaban J connectivity index is 2.27. The van der Waals surface area contributed by atoms with Gasteiger partial charge in [0.05, 0.1) is 6.20 Å². The Morgan fingerprint density at radius 2 is 2.20 bits per heavy atom. The van der Waals surface area contributed by atoms with Crippen molar-refractivity contribution in [2.75, 3.05) is 24.3 Å². The van der Waals surface area contributed by atoms with Crippen LogP contribution < -0.4 is 10.2 Å². The molecule has 1 N–H and O–H groups in total. The highest BCUT2D eigenvalue weighted by Crippen LogP contribution is 2.17. The zero-order chi connectivity index (χ0) is 14.7. The van der Waals surface area contributed by atoms with Gasteiger partial charge in [-0.3, -0.25) is 9.48 Å². The van der Waals surface area contributed by atoms with Crippen molar-refractivity contribution >= 4 is 17.4 Å². The van der Waals surface area contributed by atoms with E-state index in [1.807, 2.05) is 37.2 Å². The Kier molecular flexibility index (Phi) is 3.71. The number of benzene rings is 1. The first-order valence-electron chi connectivity index (χ1n) is 6.03. The summed E-state index contributed by atoms with van der Waals surface area (Å²) in [4.78, 5) is 14.1. The maximum atomic E-state index is 12.2. The number of nitrogens with zero attached hydrogens (tertiary/aromatic N) is 4. The van der Waals surface area contributed by atoms with Gasteiger partial charge in [0.15, 0.2) is 0 Å². The van der Waals surface area contributed by atoms with Gasteiger partial charge >= 0.3 is 0 Å². The Morgan fingerprint density at radius 3 is 2.85 bits per heavy atom.